The van der Waals surface area contributed by atoms with Crippen LogP contribution in [0.3, 0.4) is 0 Å². The summed E-state index contributed by atoms with van der Waals surface area (Å²) in [5.41, 5.74) is 0.952. The summed E-state index contributed by atoms with van der Waals surface area (Å²) in [4.78, 5) is 13.1. The Kier molecular flexibility index (Phi) is 5.59. The van der Waals surface area contributed by atoms with Crippen molar-refractivity contribution >= 4 is 17.0 Å². The Morgan fingerprint density at radius 2 is 2.14 bits per heavy atom. The first-order chi connectivity index (χ1) is 10.1. The van der Waals surface area contributed by atoms with Gasteiger partial charge in [0.25, 0.3) is 5.56 Å². The topological polar surface area (TPSA) is 43.3 Å². The Hall–Kier alpha value is -1.59. The summed E-state index contributed by atoms with van der Waals surface area (Å²) in [5, 5.41) is 5.62. The van der Waals surface area contributed by atoms with Crippen LogP contribution in [0.15, 0.2) is 40.6 Å². The fourth-order valence-electron chi connectivity index (χ4n) is 2.20. The maximum atomic E-state index is 11.8. The van der Waals surface area contributed by atoms with Crippen molar-refractivity contribution in [2.45, 2.75) is 26.4 Å². The third-order valence-electron chi connectivity index (χ3n) is 3.36. The Morgan fingerprint density at radius 1 is 1.33 bits per heavy atom. The van der Waals surface area contributed by atoms with Gasteiger partial charge in [-0.05, 0) is 23.4 Å². The molecule has 21 heavy (non-hydrogen) atoms. The molecule has 1 unspecified atom stereocenters. The Bertz CT molecular complexity index is 605. The van der Waals surface area contributed by atoms with Gasteiger partial charge in [0, 0.05) is 30.8 Å². The average molecular weight is 306 g/mol. The number of nitrogens with zero attached hydrogens (tertiary/aromatic N) is 1. The second-order valence-electron chi connectivity index (χ2n) is 5.32. The van der Waals surface area contributed by atoms with E-state index in [-0.39, 0.29) is 11.6 Å². The van der Waals surface area contributed by atoms with E-state index in [0.717, 1.165) is 5.69 Å². The number of pyridine rings is 1. The lowest BCUT2D eigenvalue weighted by molar-refractivity contribution is 0.186. The molecule has 1 N–H and O–H groups in total. The van der Waals surface area contributed by atoms with Crippen molar-refractivity contribution in [3.8, 4) is 0 Å². The zero-order chi connectivity index (χ0) is 15.2. The second kappa shape index (κ2) is 7.43. The molecule has 0 aliphatic heterocycles. The van der Waals surface area contributed by atoms with E-state index in [2.05, 4.69) is 36.7 Å². The van der Waals surface area contributed by atoms with Crippen LogP contribution >= 0.6 is 11.3 Å². The van der Waals surface area contributed by atoms with Gasteiger partial charge in [0.05, 0.1) is 18.3 Å². The largest absolute Gasteiger partial charge is 0.383 e. The average Bonchev–Trinajstić information content (AvgIpc) is 2.98. The minimum atomic E-state index is -0.00480. The third-order valence-corrected chi connectivity index (χ3v) is 4.31. The van der Waals surface area contributed by atoms with Crippen LogP contribution in [-0.2, 0) is 11.3 Å². The van der Waals surface area contributed by atoms with Crippen molar-refractivity contribution in [1.82, 2.24) is 4.57 Å². The first-order valence-corrected chi connectivity index (χ1v) is 7.99. The molecule has 0 saturated heterocycles. The molecule has 1 atom stereocenters. The number of thiophene rings is 1. The van der Waals surface area contributed by atoms with Crippen molar-refractivity contribution < 1.29 is 4.74 Å². The first kappa shape index (κ1) is 15.8. The van der Waals surface area contributed by atoms with Gasteiger partial charge in [0.2, 0.25) is 0 Å². The Labute approximate surface area is 129 Å². The highest BCUT2D eigenvalue weighted by Gasteiger charge is 2.16. The van der Waals surface area contributed by atoms with Gasteiger partial charge in [-0.25, -0.2) is 0 Å². The molecule has 4 nitrogen and oxygen atoms in total. The van der Waals surface area contributed by atoms with Crippen molar-refractivity contribution in [1.29, 1.82) is 0 Å². The molecule has 0 aromatic carbocycles. The van der Waals surface area contributed by atoms with Crippen molar-refractivity contribution in [2.24, 2.45) is 5.92 Å². The van der Waals surface area contributed by atoms with Gasteiger partial charge in [-0.2, -0.15) is 0 Å². The van der Waals surface area contributed by atoms with Gasteiger partial charge in [-0.3, -0.25) is 4.79 Å². The lowest BCUT2D eigenvalue weighted by Gasteiger charge is -2.23. The third kappa shape index (κ3) is 4.19. The highest BCUT2D eigenvalue weighted by molar-refractivity contribution is 7.10. The van der Waals surface area contributed by atoms with Gasteiger partial charge in [-0.15, -0.1) is 11.3 Å². The molecule has 0 aliphatic carbocycles. The number of ether oxygens (including phenoxy) is 1. The number of hydrogen-bond acceptors (Lipinski definition) is 4. The van der Waals surface area contributed by atoms with Gasteiger partial charge in [0.1, 0.15) is 0 Å². The highest BCUT2D eigenvalue weighted by atomic mass is 32.1. The monoisotopic (exact) mass is 306 g/mol. The van der Waals surface area contributed by atoms with Gasteiger partial charge >= 0.3 is 0 Å². The summed E-state index contributed by atoms with van der Waals surface area (Å²) in [5.74, 6) is 0.461. The molecule has 2 aromatic rings. The minimum absolute atomic E-state index is 0.00480. The SMILES string of the molecule is COCCn1cc(NC(c2cccs2)C(C)C)ccc1=O. The van der Waals surface area contributed by atoms with Crippen molar-refractivity contribution in [3.63, 3.8) is 0 Å². The number of rotatable bonds is 7. The molecule has 0 spiro atoms. The molecule has 0 radical (unpaired) electrons. The molecule has 2 heterocycles. The normalized spacial score (nSPS) is 12.6. The number of methoxy groups -OCH3 is 1. The first-order valence-electron chi connectivity index (χ1n) is 7.11. The highest BCUT2D eigenvalue weighted by Crippen LogP contribution is 2.29. The fraction of sp³-hybridized carbons (Fsp3) is 0.438. The van der Waals surface area contributed by atoms with Crippen LogP contribution in [0, 0.1) is 5.92 Å². The van der Waals surface area contributed by atoms with Gasteiger partial charge in [0.15, 0.2) is 0 Å². The predicted molar refractivity (Wildman–Crippen MR) is 88.1 cm³/mol. The molecule has 2 rings (SSSR count). The smallest absolute Gasteiger partial charge is 0.250 e. The van der Waals surface area contributed by atoms with E-state index in [1.807, 2.05) is 12.3 Å². The van der Waals surface area contributed by atoms with E-state index in [0.29, 0.717) is 19.1 Å². The fourth-order valence-corrected chi connectivity index (χ4v) is 3.14. The van der Waals surface area contributed by atoms with Crippen LogP contribution in [0.5, 0.6) is 0 Å². The van der Waals surface area contributed by atoms with Crippen LogP contribution in [0.25, 0.3) is 0 Å². The summed E-state index contributed by atoms with van der Waals surface area (Å²) >= 11 is 1.75. The van der Waals surface area contributed by atoms with Crippen LogP contribution in [0.1, 0.15) is 24.8 Å². The van der Waals surface area contributed by atoms with E-state index in [1.54, 1.807) is 29.1 Å². The zero-order valence-electron chi connectivity index (χ0n) is 12.7. The number of hydrogen-bond donors (Lipinski definition) is 1. The van der Waals surface area contributed by atoms with Crippen LogP contribution in [0.2, 0.25) is 0 Å². The molecule has 0 aliphatic rings. The van der Waals surface area contributed by atoms with Crippen molar-refractivity contribution in [2.75, 3.05) is 19.0 Å². The van der Waals surface area contributed by atoms with Crippen LogP contribution < -0.4 is 10.9 Å². The standard InChI is InChI=1S/C16H22N2O2S/c1-12(2)16(14-5-4-10-21-14)17-13-6-7-15(19)18(11-13)8-9-20-3/h4-7,10-12,16-17H,8-9H2,1-3H3. The van der Waals surface area contributed by atoms with Crippen LogP contribution in [0.4, 0.5) is 5.69 Å². The molecule has 0 fully saturated rings. The molecule has 5 heteroatoms. The number of aromatic nitrogens is 1. The lowest BCUT2D eigenvalue weighted by atomic mass is 10.0. The quantitative estimate of drug-likeness (QED) is 0.853. The molecule has 0 saturated carbocycles. The molecule has 2 aromatic heterocycles. The summed E-state index contributed by atoms with van der Waals surface area (Å²) in [6.07, 6.45) is 1.87. The molecule has 114 valence electrons. The van der Waals surface area contributed by atoms with E-state index < -0.39 is 0 Å². The number of anilines is 1. The lowest BCUT2D eigenvalue weighted by Crippen LogP contribution is -2.22. The zero-order valence-corrected chi connectivity index (χ0v) is 13.5. The summed E-state index contributed by atoms with van der Waals surface area (Å²) in [6, 6.07) is 7.90. The predicted octanol–water partition coefficient (Wildman–Crippen LogP) is 3.37. The van der Waals surface area contributed by atoms with Crippen molar-refractivity contribution in [3.05, 3.63) is 51.1 Å². The van der Waals surface area contributed by atoms with E-state index in [4.69, 9.17) is 4.74 Å². The number of nitrogens with one attached hydrogen (secondary N) is 1. The van der Waals surface area contributed by atoms with Gasteiger partial charge in [-0.1, -0.05) is 19.9 Å². The van der Waals surface area contributed by atoms with Gasteiger partial charge < -0.3 is 14.6 Å². The molecular formula is C16H22N2O2S. The van der Waals surface area contributed by atoms with Crippen LogP contribution in [-0.4, -0.2) is 18.3 Å². The van der Waals surface area contributed by atoms with E-state index in [1.165, 1.54) is 4.88 Å². The maximum Gasteiger partial charge on any atom is 0.250 e. The summed E-state index contributed by atoms with van der Waals surface area (Å²) in [7, 11) is 1.64. The maximum absolute atomic E-state index is 11.8. The van der Waals surface area contributed by atoms with E-state index in [9.17, 15) is 4.79 Å². The molecular weight excluding hydrogens is 284 g/mol. The second-order valence-corrected chi connectivity index (χ2v) is 6.30. The minimum Gasteiger partial charge on any atom is -0.383 e. The summed E-state index contributed by atoms with van der Waals surface area (Å²) < 4.78 is 6.72. The Morgan fingerprint density at radius 3 is 2.76 bits per heavy atom. The molecule has 0 amide bonds. The van der Waals surface area contributed by atoms with E-state index >= 15 is 0 Å². The molecule has 0 bridgehead atoms. The summed E-state index contributed by atoms with van der Waals surface area (Å²) in [6.45, 7) is 5.48. The Balaban J connectivity index is 2.19.